The maximum Gasteiger partial charge on any atom is 0.108 e. The van der Waals surface area contributed by atoms with Crippen molar-refractivity contribution < 1.29 is 17.7 Å². The molecule has 1 rings (SSSR count). The van der Waals surface area contributed by atoms with Crippen LogP contribution in [0.1, 0.15) is 5.69 Å². The second kappa shape index (κ2) is 5.81. The van der Waals surface area contributed by atoms with Crippen LogP contribution in [0.3, 0.4) is 0 Å². The summed E-state index contributed by atoms with van der Waals surface area (Å²) in [5.74, 6) is 0. The lowest BCUT2D eigenvalue weighted by Gasteiger charge is -2.04. The van der Waals surface area contributed by atoms with Crippen LogP contribution in [0.25, 0.3) is 0 Å². The summed E-state index contributed by atoms with van der Waals surface area (Å²) < 4.78 is 30.7. The number of hydrogen-bond donors (Lipinski definition) is 0. The monoisotopic (exact) mass is 220 g/mol. The van der Waals surface area contributed by atoms with Crippen molar-refractivity contribution in [1.29, 1.82) is 0 Å². The third-order valence-electron chi connectivity index (χ3n) is 1.38. The van der Waals surface area contributed by atoms with E-state index in [1.54, 1.807) is 13.3 Å². The number of methoxy groups -OCH3 is 1. The number of nitrogens with zero attached hydrogens (tertiary/aromatic N) is 3. The van der Waals surface area contributed by atoms with E-state index in [9.17, 15) is 8.76 Å². The molecule has 0 saturated carbocycles. The van der Waals surface area contributed by atoms with Gasteiger partial charge in [0.1, 0.15) is 5.69 Å². The first-order valence-corrected chi connectivity index (χ1v) is 4.83. The van der Waals surface area contributed by atoms with Gasteiger partial charge in [-0.15, -0.1) is 5.10 Å². The van der Waals surface area contributed by atoms with Crippen molar-refractivity contribution in [2.75, 3.05) is 13.7 Å². The van der Waals surface area contributed by atoms with Gasteiger partial charge in [0.25, 0.3) is 0 Å². The summed E-state index contributed by atoms with van der Waals surface area (Å²) in [5, 5.41) is 7.52. The Labute approximate surface area is 83.5 Å². The van der Waals surface area contributed by atoms with Crippen LogP contribution in [0.15, 0.2) is 6.20 Å². The molecule has 1 atom stereocenters. The van der Waals surface area contributed by atoms with Gasteiger partial charge in [-0.3, -0.25) is 4.18 Å². The Kier molecular flexibility index (Phi) is 4.66. The van der Waals surface area contributed by atoms with E-state index in [0.717, 1.165) is 0 Å². The molecule has 1 heterocycles. The lowest BCUT2D eigenvalue weighted by molar-refractivity contribution is 0.181. The van der Waals surface area contributed by atoms with Gasteiger partial charge in [0.15, 0.2) is 0 Å². The standard InChI is InChI=1S/C6H11N3O4S/c1-12-5-6-4-9(8-7-6)2-3-13-14(10)11/h4H,2-3,5H2,1H3,(H,10,11)/p-1. The van der Waals surface area contributed by atoms with Crippen molar-refractivity contribution in [3.05, 3.63) is 11.9 Å². The molecule has 0 saturated heterocycles. The molecule has 80 valence electrons. The zero-order valence-electron chi connectivity index (χ0n) is 7.58. The topological polar surface area (TPSA) is 89.3 Å². The van der Waals surface area contributed by atoms with E-state index in [4.69, 9.17) is 4.74 Å². The molecule has 0 aliphatic carbocycles. The van der Waals surface area contributed by atoms with Gasteiger partial charge >= 0.3 is 0 Å². The van der Waals surface area contributed by atoms with Crippen LogP contribution in [0.2, 0.25) is 0 Å². The predicted molar refractivity (Wildman–Crippen MR) is 45.6 cm³/mol. The van der Waals surface area contributed by atoms with Gasteiger partial charge in [-0.2, -0.15) is 0 Å². The van der Waals surface area contributed by atoms with Crippen molar-refractivity contribution >= 4 is 11.4 Å². The Morgan fingerprint density at radius 2 is 2.50 bits per heavy atom. The highest BCUT2D eigenvalue weighted by molar-refractivity contribution is 7.74. The second-order valence-corrected chi connectivity index (χ2v) is 3.08. The van der Waals surface area contributed by atoms with E-state index in [1.165, 1.54) is 4.68 Å². The molecule has 14 heavy (non-hydrogen) atoms. The maximum atomic E-state index is 10.0. The summed E-state index contributed by atoms with van der Waals surface area (Å²) in [5.41, 5.74) is 0.691. The van der Waals surface area contributed by atoms with Crippen LogP contribution < -0.4 is 0 Å². The van der Waals surface area contributed by atoms with E-state index in [2.05, 4.69) is 14.5 Å². The Morgan fingerprint density at radius 1 is 1.71 bits per heavy atom. The average molecular weight is 220 g/mol. The Hall–Kier alpha value is -0.830. The second-order valence-electron chi connectivity index (χ2n) is 2.43. The summed E-state index contributed by atoms with van der Waals surface area (Å²) in [7, 11) is 1.56. The molecular formula is C6H10N3O4S-. The van der Waals surface area contributed by atoms with E-state index < -0.39 is 11.4 Å². The van der Waals surface area contributed by atoms with E-state index >= 15 is 0 Å². The first-order chi connectivity index (χ1) is 6.72. The maximum absolute atomic E-state index is 10.0. The molecule has 1 unspecified atom stereocenters. The number of ether oxygens (including phenoxy) is 1. The fourth-order valence-corrected chi connectivity index (χ4v) is 1.07. The molecule has 0 amide bonds. The Morgan fingerprint density at radius 3 is 3.14 bits per heavy atom. The third kappa shape index (κ3) is 3.92. The van der Waals surface area contributed by atoms with Crippen molar-refractivity contribution in [2.24, 2.45) is 0 Å². The molecule has 7 nitrogen and oxygen atoms in total. The van der Waals surface area contributed by atoms with Gasteiger partial charge in [0, 0.05) is 7.11 Å². The quantitative estimate of drug-likeness (QED) is 0.585. The highest BCUT2D eigenvalue weighted by atomic mass is 32.2. The Balaban J connectivity index is 2.32. The number of aromatic nitrogens is 3. The molecular weight excluding hydrogens is 210 g/mol. The minimum atomic E-state index is -2.47. The summed E-state index contributed by atoms with van der Waals surface area (Å²) in [6, 6.07) is 0. The summed E-state index contributed by atoms with van der Waals surface area (Å²) in [4.78, 5) is 0. The SMILES string of the molecule is COCc1cn(CCOS(=O)[O-])nn1. The van der Waals surface area contributed by atoms with Gasteiger partial charge in [0.05, 0.1) is 37.3 Å². The lowest BCUT2D eigenvalue weighted by atomic mass is 10.5. The normalized spacial score (nSPS) is 13.0. The fourth-order valence-electron chi connectivity index (χ4n) is 0.861. The van der Waals surface area contributed by atoms with Crippen LogP contribution in [-0.2, 0) is 33.4 Å². The molecule has 8 heteroatoms. The summed E-state index contributed by atoms with van der Waals surface area (Å²) >= 11 is -2.47. The number of rotatable bonds is 6. The summed E-state index contributed by atoms with van der Waals surface area (Å²) in [6.07, 6.45) is 1.67. The van der Waals surface area contributed by atoms with Crippen molar-refractivity contribution in [2.45, 2.75) is 13.2 Å². The van der Waals surface area contributed by atoms with Crippen LogP contribution in [-0.4, -0.2) is 37.5 Å². The summed E-state index contributed by atoms with van der Waals surface area (Å²) in [6.45, 7) is 0.769. The van der Waals surface area contributed by atoms with Gasteiger partial charge in [-0.25, -0.2) is 8.89 Å². The van der Waals surface area contributed by atoms with Gasteiger partial charge in [0.2, 0.25) is 0 Å². The third-order valence-corrected chi connectivity index (χ3v) is 1.74. The largest absolute Gasteiger partial charge is 0.750 e. The molecule has 0 aromatic carbocycles. The Bertz CT molecular complexity index is 303. The van der Waals surface area contributed by atoms with E-state index in [1.807, 2.05) is 0 Å². The zero-order valence-corrected chi connectivity index (χ0v) is 8.40. The highest BCUT2D eigenvalue weighted by Crippen LogP contribution is 1.94. The minimum absolute atomic E-state index is 0.0475. The predicted octanol–water partition coefficient (Wildman–Crippen LogP) is -0.765. The molecule has 0 fully saturated rings. The number of hydrogen-bond acceptors (Lipinski definition) is 6. The molecule has 0 aliphatic heterocycles. The van der Waals surface area contributed by atoms with Crippen molar-refractivity contribution in [1.82, 2.24) is 15.0 Å². The molecule has 0 radical (unpaired) electrons. The first-order valence-electron chi connectivity index (χ1n) is 3.83. The van der Waals surface area contributed by atoms with Crippen molar-refractivity contribution in [3.8, 4) is 0 Å². The average Bonchev–Trinajstić information content (AvgIpc) is 2.53. The first kappa shape index (κ1) is 11.2. The van der Waals surface area contributed by atoms with E-state index in [0.29, 0.717) is 18.8 Å². The van der Waals surface area contributed by atoms with Gasteiger partial charge in [-0.1, -0.05) is 5.21 Å². The van der Waals surface area contributed by atoms with Crippen LogP contribution in [0, 0.1) is 0 Å². The molecule has 0 aliphatic rings. The minimum Gasteiger partial charge on any atom is -0.750 e. The molecule has 1 aromatic heterocycles. The van der Waals surface area contributed by atoms with Crippen LogP contribution >= 0.6 is 0 Å². The zero-order chi connectivity index (χ0) is 10.4. The molecule has 0 spiro atoms. The van der Waals surface area contributed by atoms with Crippen molar-refractivity contribution in [3.63, 3.8) is 0 Å². The molecule has 0 bridgehead atoms. The molecule has 1 aromatic rings. The lowest BCUT2D eigenvalue weighted by Crippen LogP contribution is -2.07. The highest BCUT2D eigenvalue weighted by Gasteiger charge is 1.99. The smallest absolute Gasteiger partial charge is 0.108 e. The molecule has 0 N–H and O–H groups in total. The van der Waals surface area contributed by atoms with Crippen LogP contribution in [0.4, 0.5) is 0 Å². The fraction of sp³-hybridized carbons (Fsp3) is 0.667. The van der Waals surface area contributed by atoms with E-state index in [-0.39, 0.29) is 6.61 Å². The van der Waals surface area contributed by atoms with Crippen LogP contribution in [0.5, 0.6) is 0 Å². The van der Waals surface area contributed by atoms with Gasteiger partial charge < -0.3 is 9.29 Å². The van der Waals surface area contributed by atoms with Gasteiger partial charge in [-0.05, 0) is 0 Å².